The second-order valence-corrected chi connectivity index (χ2v) is 5.68. The highest BCUT2D eigenvalue weighted by atomic mass is 32.1. The van der Waals surface area contributed by atoms with E-state index in [9.17, 15) is 15.0 Å². The average Bonchev–Trinajstić information content (AvgIpc) is 2.80. The van der Waals surface area contributed by atoms with Crippen molar-refractivity contribution in [1.82, 2.24) is 4.90 Å². The Morgan fingerprint density at radius 1 is 0.958 bits per heavy atom. The minimum absolute atomic E-state index is 0. The van der Waals surface area contributed by atoms with E-state index in [1.807, 2.05) is 60.7 Å². The summed E-state index contributed by atoms with van der Waals surface area (Å²) in [6.45, 7) is 0. The lowest BCUT2D eigenvalue weighted by Crippen LogP contribution is -2.36. The van der Waals surface area contributed by atoms with Gasteiger partial charge in [-0.15, -0.1) is 0 Å². The molecule has 0 aliphatic carbocycles. The van der Waals surface area contributed by atoms with E-state index < -0.39 is 24.2 Å². The number of nitrogens with zero attached hydrogens (tertiary/aromatic N) is 1. The Morgan fingerprint density at radius 3 is 2.00 bits per heavy atom. The summed E-state index contributed by atoms with van der Waals surface area (Å²) in [6, 6.07) is 18.1. The van der Waals surface area contributed by atoms with Crippen LogP contribution < -0.4 is 0 Å². The van der Waals surface area contributed by atoms with Crippen molar-refractivity contribution in [3.63, 3.8) is 0 Å². The van der Waals surface area contributed by atoms with E-state index in [-0.39, 0.29) is 32.9 Å². The van der Waals surface area contributed by atoms with Gasteiger partial charge in [0.05, 0.1) is 6.04 Å². The van der Waals surface area contributed by atoms with E-state index in [0.717, 1.165) is 11.1 Å². The number of amides is 1. The summed E-state index contributed by atoms with van der Waals surface area (Å²) in [5.74, 6) is -0.803. The van der Waals surface area contributed by atoms with Crippen LogP contribution in [0.5, 0.6) is 0 Å². The number of aliphatic hydroxyl groups is 2. The summed E-state index contributed by atoms with van der Waals surface area (Å²) in [7, 11) is 1.63. The summed E-state index contributed by atoms with van der Waals surface area (Å²) >= 11 is 0. The number of carbonyl (C=O) groups excluding carboxylic acids is 1. The van der Waals surface area contributed by atoms with Crippen LogP contribution in [0.1, 0.15) is 23.1 Å². The van der Waals surface area contributed by atoms with Gasteiger partial charge >= 0.3 is 0 Å². The molecule has 1 saturated heterocycles. The first-order chi connectivity index (χ1) is 10.6. The summed E-state index contributed by atoms with van der Waals surface area (Å²) < 4.78 is 0. The molecule has 3 rings (SSSR count). The van der Waals surface area contributed by atoms with Crippen molar-refractivity contribution >= 4 is 32.9 Å². The molecule has 1 aliphatic rings. The molecule has 2 unspecified atom stereocenters. The van der Waals surface area contributed by atoms with E-state index in [4.69, 9.17) is 0 Å². The highest BCUT2D eigenvalue weighted by Gasteiger charge is 2.49. The van der Waals surface area contributed by atoms with Crippen LogP contribution in [0.25, 0.3) is 0 Å². The minimum atomic E-state index is -1.13. The number of carbonyl (C=O) groups is 1. The Bertz CT molecular complexity index is 654. The van der Waals surface area contributed by atoms with Crippen molar-refractivity contribution in [3.8, 4) is 0 Å². The van der Waals surface area contributed by atoms with Crippen LogP contribution >= 0.6 is 27.0 Å². The quantitative estimate of drug-likeness (QED) is 0.874. The number of likely N-dealkylation sites (N-methyl/N-ethyl adjacent to an activating group) is 1. The van der Waals surface area contributed by atoms with Gasteiger partial charge in [0.1, 0.15) is 12.2 Å². The lowest BCUT2D eigenvalue weighted by molar-refractivity contribution is -0.135. The summed E-state index contributed by atoms with van der Waals surface area (Å²) in [6.07, 6.45) is -1.98. The number of hydrogen-bond donors (Lipinski definition) is 2. The van der Waals surface area contributed by atoms with Crippen molar-refractivity contribution in [1.29, 1.82) is 0 Å². The first-order valence-corrected chi connectivity index (χ1v) is 7.34. The van der Waals surface area contributed by atoms with Gasteiger partial charge in [0.25, 0.3) is 5.91 Å². The Labute approximate surface area is 156 Å². The molecule has 1 heterocycles. The highest BCUT2D eigenvalue weighted by molar-refractivity contribution is 7.59. The fourth-order valence-electron chi connectivity index (χ4n) is 3.25. The van der Waals surface area contributed by atoms with E-state index in [1.165, 1.54) is 4.90 Å². The number of aliphatic hydroxyl groups excluding tert-OH is 2. The molecule has 2 aromatic carbocycles. The zero-order valence-electron chi connectivity index (χ0n) is 13.3. The molecule has 1 fully saturated rings. The van der Waals surface area contributed by atoms with Gasteiger partial charge in [0, 0.05) is 13.0 Å². The Morgan fingerprint density at radius 2 is 1.46 bits per heavy atom. The normalized spacial score (nSPS) is 24.0. The van der Waals surface area contributed by atoms with Crippen molar-refractivity contribution in [2.45, 2.75) is 24.2 Å². The molecule has 2 N–H and O–H groups in total. The van der Waals surface area contributed by atoms with Crippen LogP contribution in [0, 0.1) is 0 Å². The zero-order valence-corrected chi connectivity index (χ0v) is 15.3. The molecule has 0 spiro atoms. The third-order valence-corrected chi connectivity index (χ3v) is 4.41. The van der Waals surface area contributed by atoms with Crippen molar-refractivity contribution in [2.24, 2.45) is 0 Å². The van der Waals surface area contributed by atoms with Crippen LogP contribution in [0.3, 0.4) is 0 Å². The maximum atomic E-state index is 12.2. The summed E-state index contributed by atoms with van der Waals surface area (Å²) in [4.78, 5) is 13.7. The second-order valence-electron chi connectivity index (χ2n) is 5.68. The smallest absolute Gasteiger partial charge is 0.252 e. The van der Waals surface area contributed by atoms with Gasteiger partial charge in [-0.25, -0.2) is 0 Å². The maximum absolute atomic E-state index is 12.2. The first-order valence-electron chi connectivity index (χ1n) is 7.34. The maximum Gasteiger partial charge on any atom is 0.252 e. The van der Waals surface area contributed by atoms with Crippen LogP contribution in [-0.4, -0.2) is 40.2 Å². The fourth-order valence-corrected chi connectivity index (χ4v) is 3.25. The lowest BCUT2D eigenvalue weighted by atomic mass is 9.85. The molecule has 0 saturated carbocycles. The molecular weight excluding hydrogens is 342 g/mol. The van der Waals surface area contributed by atoms with Crippen LogP contribution in [0.15, 0.2) is 60.7 Å². The Balaban J connectivity index is 0.00000144. The summed E-state index contributed by atoms with van der Waals surface area (Å²) in [5.41, 5.74) is 1.59. The molecule has 1 aliphatic heterocycles. The highest BCUT2D eigenvalue weighted by Crippen LogP contribution is 2.40. The first kappa shape index (κ1) is 20.6. The minimum Gasteiger partial charge on any atom is -0.386 e. The molecule has 4 atom stereocenters. The number of hydrogen-bond acceptors (Lipinski definition) is 3. The molecule has 0 radical (unpaired) electrons. The number of rotatable bonds is 3. The van der Waals surface area contributed by atoms with Crippen LogP contribution in [0.2, 0.25) is 0 Å². The van der Waals surface area contributed by atoms with Crippen molar-refractivity contribution in [3.05, 3.63) is 71.8 Å². The topological polar surface area (TPSA) is 60.8 Å². The SMILES string of the molecule is CN1C(=O)C(O)[C@H](c2ccccc2)[C@H]1C(O)c1ccccc1.S.S. The molecular formula is C18H23NO3S2. The molecule has 1 amide bonds. The van der Waals surface area contributed by atoms with Gasteiger partial charge in [-0.3, -0.25) is 4.79 Å². The van der Waals surface area contributed by atoms with Gasteiger partial charge in [-0.05, 0) is 11.1 Å². The van der Waals surface area contributed by atoms with Gasteiger partial charge in [0.15, 0.2) is 0 Å². The second kappa shape index (κ2) is 8.58. The number of benzene rings is 2. The van der Waals surface area contributed by atoms with E-state index in [0.29, 0.717) is 0 Å². The molecule has 6 heteroatoms. The van der Waals surface area contributed by atoms with Crippen molar-refractivity contribution < 1.29 is 15.0 Å². The van der Waals surface area contributed by atoms with Gasteiger partial charge in [-0.2, -0.15) is 27.0 Å². The third kappa shape index (κ3) is 3.62. The molecule has 24 heavy (non-hydrogen) atoms. The predicted octanol–water partition coefficient (Wildman–Crippen LogP) is 1.93. The molecule has 4 nitrogen and oxygen atoms in total. The molecule has 0 bridgehead atoms. The monoisotopic (exact) mass is 365 g/mol. The van der Waals surface area contributed by atoms with Gasteiger partial charge in [-0.1, -0.05) is 60.7 Å². The van der Waals surface area contributed by atoms with E-state index in [1.54, 1.807) is 7.05 Å². The average molecular weight is 366 g/mol. The van der Waals surface area contributed by atoms with Crippen LogP contribution in [0.4, 0.5) is 0 Å². The van der Waals surface area contributed by atoms with E-state index >= 15 is 0 Å². The molecule has 2 aromatic rings. The third-order valence-electron chi connectivity index (χ3n) is 4.41. The molecule has 0 aromatic heterocycles. The number of likely N-dealkylation sites (tertiary alicyclic amines) is 1. The standard InChI is InChI=1S/C18H19NO3.2H2S/c1-19-15(16(20)13-10-6-3-7-11-13)14(17(21)18(19)22)12-8-4-2-5-9-12;;/h2-11,14-17,20-21H,1H3;2*1H2/t14-,15+,16?,17?;;/m1../s1. The largest absolute Gasteiger partial charge is 0.386 e. The van der Waals surface area contributed by atoms with Crippen molar-refractivity contribution in [2.75, 3.05) is 7.05 Å². The van der Waals surface area contributed by atoms with Gasteiger partial charge < -0.3 is 15.1 Å². The zero-order chi connectivity index (χ0) is 15.7. The Hall–Kier alpha value is -1.47. The predicted molar refractivity (Wildman–Crippen MR) is 104 cm³/mol. The lowest BCUT2D eigenvalue weighted by Gasteiger charge is -2.30. The fraction of sp³-hybridized carbons (Fsp3) is 0.278. The van der Waals surface area contributed by atoms with Gasteiger partial charge in [0.2, 0.25) is 0 Å². The van der Waals surface area contributed by atoms with E-state index in [2.05, 4.69) is 0 Å². The van der Waals surface area contributed by atoms with Crippen LogP contribution in [-0.2, 0) is 4.79 Å². The summed E-state index contributed by atoms with van der Waals surface area (Å²) in [5, 5.41) is 21.1. The molecule has 130 valence electrons. The Kier molecular flexibility index (Phi) is 7.35.